The molecule has 1 rings (SSSR count). The molecule has 0 aliphatic heterocycles. The highest BCUT2D eigenvalue weighted by molar-refractivity contribution is 4.97. The fraction of sp³-hybridized carbons (Fsp3) is 0.800. The second-order valence-corrected chi connectivity index (χ2v) is 3.55. The van der Waals surface area contributed by atoms with Gasteiger partial charge < -0.3 is 0 Å². The van der Waals surface area contributed by atoms with Crippen molar-refractivity contribution in [2.45, 2.75) is 33.6 Å². The first-order valence-corrected chi connectivity index (χ1v) is 4.42. The van der Waals surface area contributed by atoms with E-state index in [1.54, 1.807) is 0 Å². The van der Waals surface area contributed by atoms with Gasteiger partial charge in [-0.1, -0.05) is 39.3 Å². The molecule has 0 saturated heterocycles. The van der Waals surface area contributed by atoms with E-state index in [9.17, 15) is 0 Å². The highest BCUT2D eigenvalue weighted by Gasteiger charge is 2.21. The Balaban J connectivity index is 2.56. The van der Waals surface area contributed by atoms with Crippen LogP contribution in [-0.2, 0) is 0 Å². The van der Waals surface area contributed by atoms with Crippen molar-refractivity contribution in [2.24, 2.45) is 17.8 Å². The van der Waals surface area contributed by atoms with Crippen molar-refractivity contribution < 1.29 is 0 Å². The van der Waals surface area contributed by atoms with Gasteiger partial charge in [-0.25, -0.2) is 0 Å². The normalized spacial score (nSPS) is 40.1. The summed E-state index contributed by atoms with van der Waals surface area (Å²) >= 11 is 0. The highest BCUT2D eigenvalue weighted by Crippen LogP contribution is 2.31. The molecule has 0 radical (unpaired) electrons. The largest absolute Gasteiger partial charge is 0.0880 e. The minimum absolute atomic E-state index is 0.804. The number of rotatable bonds is 1. The Hall–Kier alpha value is -0.260. The molecular formula is C10H18. The molecule has 0 N–H and O–H groups in total. The molecule has 0 heterocycles. The molecule has 3 atom stereocenters. The Bertz CT molecular complexity index is 124. The summed E-state index contributed by atoms with van der Waals surface area (Å²) in [6.07, 6.45) is 7.35. The van der Waals surface area contributed by atoms with Crippen LogP contribution in [0.15, 0.2) is 12.2 Å². The van der Waals surface area contributed by atoms with Crippen LogP contribution < -0.4 is 0 Å². The lowest BCUT2D eigenvalue weighted by Gasteiger charge is -2.29. The summed E-state index contributed by atoms with van der Waals surface area (Å²) in [6, 6.07) is 0. The Labute approximate surface area is 64.3 Å². The monoisotopic (exact) mass is 138 g/mol. The number of hydrogen-bond acceptors (Lipinski definition) is 0. The number of allylic oxidation sites excluding steroid dienone is 2. The van der Waals surface area contributed by atoms with Crippen molar-refractivity contribution in [1.82, 2.24) is 0 Å². The summed E-state index contributed by atoms with van der Waals surface area (Å²) in [5, 5.41) is 0. The first-order valence-electron chi connectivity index (χ1n) is 4.42. The van der Waals surface area contributed by atoms with E-state index in [2.05, 4.69) is 32.9 Å². The summed E-state index contributed by atoms with van der Waals surface area (Å²) in [6.45, 7) is 7.00. The average molecular weight is 138 g/mol. The second-order valence-electron chi connectivity index (χ2n) is 3.55. The zero-order valence-electron chi connectivity index (χ0n) is 7.30. The molecule has 1 aliphatic rings. The minimum Gasteiger partial charge on any atom is -0.0880 e. The maximum atomic E-state index is 2.38. The van der Waals surface area contributed by atoms with Crippen molar-refractivity contribution in [1.29, 1.82) is 0 Å². The van der Waals surface area contributed by atoms with E-state index in [0.717, 1.165) is 17.8 Å². The molecular weight excluding hydrogens is 120 g/mol. The first kappa shape index (κ1) is 7.84. The fourth-order valence-corrected chi connectivity index (χ4v) is 1.83. The van der Waals surface area contributed by atoms with E-state index >= 15 is 0 Å². The molecule has 58 valence electrons. The Morgan fingerprint density at radius 3 is 2.60 bits per heavy atom. The van der Waals surface area contributed by atoms with Gasteiger partial charge in [0.25, 0.3) is 0 Å². The third kappa shape index (κ3) is 1.42. The van der Waals surface area contributed by atoms with Gasteiger partial charge in [-0.15, -0.1) is 0 Å². The van der Waals surface area contributed by atoms with Crippen LogP contribution in [0.2, 0.25) is 0 Å². The Morgan fingerprint density at radius 1 is 1.40 bits per heavy atom. The van der Waals surface area contributed by atoms with Crippen LogP contribution in [0.5, 0.6) is 0 Å². The van der Waals surface area contributed by atoms with Crippen molar-refractivity contribution in [3.63, 3.8) is 0 Å². The average Bonchev–Trinajstić information content (AvgIpc) is 1.95. The Kier molecular flexibility index (Phi) is 2.53. The smallest absolute Gasteiger partial charge is 0.0233 e. The second kappa shape index (κ2) is 3.23. The quantitative estimate of drug-likeness (QED) is 0.488. The van der Waals surface area contributed by atoms with E-state index in [4.69, 9.17) is 0 Å². The van der Waals surface area contributed by atoms with Gasteiger partial charge in [-0.3, -0.25) is 0 Å². The molecule has 0 spiro atoms. The minimum atomic E-state index is 0.804. The van der Waals surface area contributed by atoms with E-state index < -0.39 is 0 Å². The molecule has 0 aromatic rings. The predicted octanol–water partition coefficient (Wildman–Crippen LogP) is 3.24. The third-order valence-electron chi connectivity index (χ3n) is 2.98. The molecule has 0 heteroatoms. The van der Waals surface area contributed by atoms with Gasteiger partial charge in [0, 0.05) is 0 Å². The standard InChI is InChI=1S/C10H18/c1-4-10-7-5-6-8(2)9(10)3/h5-6,8-10H,4,7H2,1-3H3. The van der Waals surface area contributed by atoms with Gasteiger partial charge in [-0.2, -0.15) is 0 Å². The predicted molar refractivity (Wildman–Crippen MR) is 45.9 cm³/mol. The van der Waals surface area contributed by atoms with Crippen molar-refractivity contribution in [3.05, 3.63) is 12.2 Å². The molecule has 10 heavy (non-hydrogen) atoms. The van der Waals surface area contributed by atoms with E-state index in [0.29, 0.717) is 0 Å². The van der Waals surface area contributed by atoms with Gasteiger partial charge in [0.05, 0.1) is 0 Å². The highest BCUT2D eigenvalue weighted by atomic mass is 14.3. The van der Waals surface area contributed by atoms with Crippen LogP contribution in [0.25, 0.3) is 0 Å². The van der Waals surface area contributed by atoms with Gasteiger partial charge in [0.1, 0.15) is 0 Å². The van der Waals surface area contributed by atoms with Crippen molar-refractivity contribution in [3.8, 4) is 0 Å². The van der Waals surface area contributed by atoms with E-state index in [1.165, 1.54) is 12.8 Å². The molecule has 0 fully saturated rings. The molecule has 0 nitrogen and oxygen atoms in total. The molecule has 0 amide bonds. The third-order valence-corrected chi connectivity index (χ3v) is 2.98. The van der Waals surface area contributed by atoms with Crippen LogP contribution in [0.4, 0.5) is 0 Å². The summed E-state index contributed by atoms with van der Waals surface area (Å²) in [5.41, 5.74) is 0. The summed E-state index contributed by atoms with van der Waals surface area (Å²) in [4.78, 5) is 0. The summed E-state index contributed by atoms with van der Waals surface area (Å²) < 4.78 is 0. The Morgan fingerprint density at radius 2 is 2.10 bits per heavy atom. The lowest BCUT2D eigenvalue weighted by atomic mass is 9.77. The van der Waals surface area contributed by atoms with Gasteiger partial charge >= 0.3 is 0 Å². The topological polar surface area (TPSA) is 0 Å². The van der Waals surface area contributed by atoms with Gasteiger partial charge in [-0.05, 0) is 24.2 Å². The van der Waals surface area contributed by atoms with E-state index in [-0.39, 0.29) is 0 Å². The molecule has 0 bridgehead atoms. The SMILES string of the molecule is CCC1CC=CC(C)C1C. The molecule has 1 aliphatic carbocycles. The van der Waals surface area contributed by atoms with Crippen LogP contribution in [0.1, 0.15) is 33.6 Å². The van der Waals surface area contributed by atoms with Crippen molar-refractivity contribution >= 4 is 0 Å². The van der Waals surface area contributed by atoms with Gasteiger partial charge in [0.15, 0.2) is 0 Å². The van der Waals surface area contributed by atoms with Crippen LogP contribution in [-0.4, -0.2) is 0 Å². The fourth-order valence-electron chi connectivity index (χ4n) is 1.83. The molecule has 3 unspecified atom stereocenters. The molecule has 0 aromatic carbocycles. The molecule has 0 aromatic heterocycles. The van der Waals surface area contributed by atoms with Crippen LogP contribution in [0, 0.1) is 17.8 Å². The lowest BCUT2D eigenvalue weighted by molar-refractivity contribution is 0.276. The zero-order valence-corrected chi connectivity index (χ0v) is 7.30. The van der Waals surface area contributed by atoms with Crippen LogP contribution in [0.3, 0.4) is 0 Å². The van der Waals surface area contributed by atoms with E-state index in [1.807, 2.05) is 0 Å². The maximum absolute atomic E-state index is 2.38. The van der Waals surface area contributed by atoms with Crippen LogP contribution >= 0.6 is 0 Å². The summed E-state index contributed by atoms with van der Waals surface area (Å²) in [5.74, 6) is 2.65. The van der Waals surface area contributed by atoms with Crippen molar-refractivity contribution in [2.75, 3.05) is 0 Å². The maximum Gasteiger partial charge on any atom is -0.0233 e. The van der Waals surface area contributed by atoms with Gasteiger partial charge in [0.2, 0.25) is 0 Å². The lowest BCUT2D eigenvalue weighted by Crippen LogP contribution is -2.19. The number of hydrogen-bond donors (Lipinski definition) is 0. The zero-order chi connectivity index (χ0) is 7.56. The first-order chi connectivity index (χ1) is 4.75. The summed E-state index contributed by atoms with van der Waals surface area (Å²) in [7, 11) is 0. The molecule has 0 saturated carbocycles.